The number of carbonyl (C=O) groups is 1. The van der Waals surface area contributed by atoms with Crippen LogP contribution in [0.3, 0.4) is 0 Å². The topological polar surface area (TPSA) is 108 Å². The molecule has 194 valence electrons. The van der Waals surface area contributed by atoms with Crippen molar-refractivity contribution in [2.24, 2.45) is 0 Å². The minimum absolute atomic E-state index is 0.0354. The lowest BCUT2D eigenvalue weighted by atomic mass is 10.00. The summed E-state index contributed by atoms with van der Waals surface area (Å²) < 4.78 is 7.24. The summed E-state index contributed by atoms with van der Waals surface area (Å²) in [5, 5.41) is 18.1. The lowest BCUT2D eigenvalue weighted by Gasteiger charge is -2.24. The Kier molecular flexibility index (Phi) is 6.67. The van der Waals surface area contributed by atoms with Crippen LogP contribution in [0.2, 0.25) is 5.15 Å². The number of carbonyl (C=O) groups excluding carboxylic acids is 1. The number of hydrogen-bond acceptors (Lipinski definition) is 7. The molecular formula is C28H28ClN7O2. The van der Waals surface area contributed by atoms with Gasteiger partial charge in [-0.05, 0) is 70.0 Å². The van der Waals surface area contributed by atoms with Crippen LogP contribution in [0.1, 0.15) is 38.4 Å². The lowest BCUT2D eigenvalue weighted by Crippen LogP contribution is -2.36. The van der Waals surface area contributed by atoms with E-state index >= 15 is 0 Å². The van der Waals surface area contributed by atoms with Crippen LogP contribution in [0.5, 0.6) is 0 Å². The molecule has 4 aromatic rings. The number of benzene rings is 1. The second-order valence-electron chi connectivity index (χ2n) is 10.4. The van der Waals surface area contributed by atoms with E-state index in [-0.39, 0.29) is 12.1 Å². The molecule has 1 amide bonds. The monoisotopic (exact) mass is 529 g/mol. The van der Waals surface area contributed by atoms with E-state index in [2.05, 4.69) is 16.4 Å². The third-order valence-electron chi connectivity index (χ3n) is 6.15. The molecule has 1 saturated heterocycles. The largest absolute Gasteiger partial charge is 0.444 e. The highest BCUT2D eigenvalue weighted by atomic mass is 35.5. The summed E-state index contributed by atoms with van der Waals surface area (Å²) in [6.45, 7) is 8.61. The fraction of sp³-hybridized carbons (Fsp3) is 0.321. The third-order valence-corrected chi connectivity index (χ3v) is 6.35. The van der Waals surface area contributed by atoms with Crippen LogP contribution in [-0.4, -0.2) is 55.3 Å². The minimum atomic E-state index is -0.535. The Morgan fingerprint density at radius 3 is 2.74 bits per heavy atom. The van der Waals surface area contributed by atoms with Crippen molar-refractivity contribution in [3.63, 3.8) is 0 Å². The number of nitrogens with one attached hydrogen (secondary N) is 1. The highest BCUT2D eigenvalue weighted by Crippen LogP contribution is 2.36. The zero-order chi connectivity index (χ0) is 27.0. The van der Waals surface area contributed by atoms with E-state index in [0.717, 1.165) is 28.8 Å². The van der Waals surface area contributed by atoms with Gasteiger partial charge in [0.15, 0.2) is 5.65 Å². The van der Waals surface area contributed by atoms with E-state index in [4.69, 9.17) is 26.4 Å². The van der Waals surface area contributed by atoms with Crippen molar-refractivity contribution in [3.8, 4) is 28.5 Å². The number of aryl methyl sites for hydroxylation is 1. The van der Waals surface area contributed by atoms with Crippen molar-refractivity contribution in [3.05, 3.63) is 65.1 Å². The summed E-state index contributed by atoms with van der Waals surface area (Å²) in [5.74, 6) is 0.670. The zero-order valence-corrected chi connectivity index (χ0v) is 22.5. The summed E-state index contributed by atoms with van der Waals surface area (Å²) in [4.78, 5) is 23.4. The van der Waals surface area contributed by atoms with Crippen LogP contribution in [0.25, 0.3) is 28.0 Å². The number of likely N-dealkylation sites (tertiary alicyclic amines) is 1. The van der Waals surface area contributed by atoms with E-state index in [1.165, 1.54) is 0 Å². The van der Waals surface area contributed by atoms with E-state index in [1.807, 2.05) is 64.2 Å². The Hall–Kier alpha value is -4.16. The van der Waals surface area contributed by atoms with Crippen LogP contribution in [0.4, 0.5) is 10.6 Å². The average Bonchev–Trinajstić information content (AvgIpc) is 3.47. The number of pyridine rings is 1. The lowest BCUT2D eigenvalue weighted by molar-refractivity contribution is 0.0293. The van der Waals surface area contributed by atoms with Crippen molar-refractivity contribution < 1.29 is 9.53 Å². The molecule has 1 aromatic carbocycles. The molecule has 1 fully saturated rings. The Balaban J connectivity index is 1.51. The molecule has 0 spiro atoms. The van der Waals surface area contributed by atoms with E-state index in [0.29, 0.717) is 41.0 Å². The number of aromatic nitrogens is 4. The van der Waals surface area contributed by atoms with Crippen LogP contribution >= 0.6 is 11.6 Å². The first-order valence-electron chi connectivity index (χ1n) is 12.4. The highest BCUT2D eigenvalue weighted by Gasteiger charge is 2.30. The molecule has 0 radical (unpaired) electrons. The van der Waals surface area contributed by atoms with Gasteiger partial charge in [0, 0.05) is 36.6 Å². The summed E-state index contributed by atoms with van der Waals surface area (Å²) in [6, 6.07) is 15.2. The minimum Gasteiger partial charge on any atom is -0.444 e. The van der Waals surface area contributed by atoms with Gasteiger partial charge in [-0.2, -0.15) is 10.4 Å². The molecule has 38 heavy (non-hydrogen) atoms. The molecule has 1 atom stereocenters. The number of nitriles is 1. The predicted molar refractivity (Wildman–Crippen MR) is 146 cm³/mol. The maximum absolute atomic E-state index is 12.5. The molecule has 3 aromatic heterocycles. The van der Waals surface area contributed by atoms with Crippen molar-refractivity contribution in [1.29, 1.82) is 5.26 Å². The van der Waals surface area contributed by atoms with E-state index < -0.39 is 5.60 Å². The standard InChI is InChI=1S/C28H28ClN7O2/c1-17-12-20(14-22(29)31-17)24-25(19-7-5-6-18(13-19)15-30)34-36-11-9-23(33-26(24)36)32-21-8-10-35(16-21)27(37)38-28(2,3)4/h5-7,9,11-14,21H,8,10,16H2,1-4H3,(H,32,33)/t21-/m0/s1. The van der Waals surface area contributed by atoms with Gasteiger partial charge in [0.25, 0.3) is 0 Å². The van der Waals surface area contributed by atoms with Crippen LogP contribution in [0, 0.1) is 18.3 Å². The first-order chi connectivity index (χ1) is 18.1. The molecule has 4 heterocycles. The fourth-order valence-corrected chi connectivity index (χ4v) is 4.82. The summed E-state index contributed by atoms with van der Waals surface area (Å²) in [5.41, 5.74) is 4.52. The first kappa shape index (κ1) is 25.5. The molecule has 1 aliphatic heterocycles. The summed E-state index contributed by atoms with van der Waals surface area (Å²) in [6.07, 6.45) is 2.32. The number of nitrogens with zero attached hydrogens (tertiary/aromatic N) is 6. The van der Waals surface area contributed by atoms with Gasteiger partial charge in [0.1, 0.15) is 22.3 Å². The molecule has 5 rings (SSSR count). The van der Waals surface area contributed by atoms with E-state index in [1.54, 1.807) is 21.5 Å². The Morgan fingerprint density at radius 1 is 1.18 bits per heavy atom. The predicted octanol–water partition coefficient (Wildman–Crippen LogP) is 5.71. The summed E-state index contributed by atoms with van der Waals surface area (Å²) >= 11 is 6.33. The molecule has 0 aliphatic carbocycles. The smallest absolute Gasteiger partial charge is 0.410 e. The number of amides is 1. The maximum atomic E-state index is 12.5. The SMILES string of the molecule is Cc1cc(-c2c(-c3cccc(C#N)c3)nn3ccc(N[C@H]4CCN(C(=O)OC(C)(C)C)C4)nc23)cc(Cl)n1. The van der Waals surface area contributed by atoms with Gasteiger partial charge in [-0.15, -0.1) is 0 Å². The van der Waals surface area contributed by atoms with Gasteiger partial charge >= 0.3 is 6.09 Å². The molecule has 1 aliphatic rings. The van der Waals surface area contributed by atoms with Gasteiger partial charge in [0.05, 0.1) is 17.2 Å². The highest BCUT2D eigenvalue weighted by molar-refractivity contribution is 6.29. The van der Waals surface area contributed by atoms with E-state index in [9.17, 15) is 10.1 Å². The number of fused-ring (bicyclic) bond motifs is 1. The number of halogens is 1. The normalized spacial score (nSPS) is 15.5. The second kappa shape index (κ2) is 9.95. The number of hydrogen-bond donors (Lipinski definition) is 1. The summed E-state index contributed by atoms with van der Waals surface area (Å²) in [7, 11) is 0. The molecule has 10 heteroatoms. The fourth-order valence-electron chi connectivity index (χ4n) is 4.57. The quantitative estimate of drug-likeness (QED) is 0.337. The van der Waals surface area contributed by atoms with Crippen LogP contribution < -0.4 is 5.32 Å². The van der Waals surface area contributed by atoms with Crippen LogP contribution in [0.15, 0.2) is 48.7 Å². The third kappa shape index (κ3) is 5.41. The molecule has 0 unspecified atom stereocenters. The van der Waals surface area contributed by atoms with Crippen LogP contribution in [-0.2, 0) is 4.74 Å². The Bertz CT molecular complexity index is 1550. The molecule has 0 saturated carbocycles. The Morgan fingerprint density at radius 2 is 2.00 bits per heavy atom. The first-order valence-corrected chi connectivity index (χ1v) is 12.8. The Labute approximate surface area is 226 Å². The van der Waals surface area contributed by atoms with Crippen molar-refractivity contribution in [2.75, 3.05) is 18.4 Å². The van der Waals surface area contributed by atoms with Crippen molar-refractivity contribution in [1.82, 2.24) is 24.5 Å². The maximum Gasteiger partial charge on any atom is 0.410 e. The van der Waals surface area contributed by atoms with Gasteiger partial charge in [-0.3, -0.25) is 0 Å². The second-order valence-corrected chi connectivity index (χ2v) is 10.8. The molecule has 0 bridgehead atoms. The molecular weight excluding hydrogens is 502 g/mol. The number of anilines is 1. The number of ether oxygens (including phenoxy) is 1. The average molecular weight is 530 g/mol. The van der Waals surface area contributed by atoms with Gasteiger partial charge in [-0.1, -0.05) is 23.7 Å². The van der Waals surface area contributed by atoms with Gasteiger partial charge < -0.3 is 15.0 Å². The molecule has 9 nitrogen and oxygen atoms in total. The van der Waals surface area contributed by atoms with Gasteiger partial charge in [-0.25, -0.2) is 19.3 Å². The van der Waals surface area contributed by atoms with Gasteiger partial charge in [0.2, 0.25) is 0 Å². The van der Waals surface area contributed by atoms with Crippen molar-refractivity contribution in [2.45, 2.75) is 45.8 Å². The molecule has 1 N–H and O–H groups in total. The number of rotatable bonds is 4. The van der Waals surface area contributed by atoms with Crippen molar-refractivity contribution >= 4 is 29.2 Å². The zero-order valence-electron chi connectivity index (χ0n) is 21.7.